The molecule has 0 unspecified atom stereocenters. The molecule has 2 heterocycles. The summed E-state index contributed by atoms with van der Waals surface area (Å²) in [6.07, 6.45) is 3.41. The summed E-state index contributed by atoms with van der Waals surface area (Å²) in [5.41, 5.74) is 2.14. The van der Waals surface area contributed by atoms with Gasteiger partial charge in [0.15, 0.2) is 0 Å². The maximum atomic E-state index is 13.0. The zero-order chi connectivity index (χ0) is 19.9. The summed E-state index contributed by atoms with van der Waals surface area (Å²) in [5.74, 6) is 0.642. The fourth-order valence-corrected chi connectivity index (χ4v) is 3.63. The maximum Gasteiger partial charge on any atom is 0.318 e. The molecule has 1 aromatic heterocycles. The third kappa shape index (κ3) is 4.93. The summed E-state index contributed by atoms with van der Waals surface area (Å²) in [5, 5.41) is 3.22. The molecule has 5 heteroatoms. The van der Waals surface area contributed by atoms with E-state index in [-0.39, 0.29) is 18.2 Å². The van der Waals surface area contributed by atoms with Crippen molar-refractivity contribution < 1.29 is 9.53 Å². The Morgan fingerprint density at radius 1 is 0.897 bits per heavy atom. The van der Waals surface area contributed by atoms with Crippen molar-refractivity contribution in [1.29, 1.82) is 0 Å². The molecule has 29 heavy (non-hydrogen) atoms. The Morgan fingerprint density at radius 3 is 2.03 bits per heavy atom. The molecule has 0 radical (unpaired) electrons. The molecule has 1 aliphatic rings. The van der Waals surface area contributed by atoms with E-state index in [1.807, 2.05) is 83.8 Å². The van der Waals surface area contributed by atoms with E-state index in [1.165, 1.54) is 0 Å². The van der Waals surface area contributed by atoms with Gasteiger partial charge in [0, 0.05) is 38.2 Å². The van der Waals surface area contributed by atoms with Crippen molar-refractivity contribution in [1.82, 2.24) is 15.2 Å². The highest BCUT2D eigenvalue weighted by Crippen LogP contribution is 2.23. The number of urea groups is 1. The van der Waals surface area contributed by atoms with Gasteiger partial charge in [0.05, 0.1) is 6.04 Å². The van der Waals surface area contributed by atoms with Crippen LogP contribution >= 0.6 is 0 Å². The number of aromatic nitrogens is 1. The Hall–Kier alpha value is -3.34. The second-order valence-corrected chi connectivity index (χ2v) is 7.18. The number of hydrogen-bond donors (Lipinski definition) is 1. The second-order valence-electron chi connectivity index (χ2n) is 7.18. The lowest BCUT2D eigenvalue weighted by atomic mass is 9.99. The first-order valence-electron chi connectivity index (χ1n) is 10.0. The van der Waals surface area contributed by atoms with Crippen LogP contribution in [0.15, 0.2) is 85.1 Å². The van der Waals surface area contributed by atoms with E-state index in [1.54, 1.807) is 6.20 Å². The number of carbonyl (C=O) groups excluding carboxylic acids is 1. The van der Waals surface area contributed by atoms with Crippen molar-refractivity contribution in [2.24, 2.45) is 0 Å². The highest BCUT2D eigenvalue weighted by Gasteiger charge is 2.26. The molecule has 1 saturated heterocycles. The van der Waals surface area contributed by atoms with Gasteiger partial charge >= 0.3 is 6.03 Å². The molecule has 1 N–H and O–H groups in total. The van der Waals surface area contributed by atoms with Crippen LogP contribution in [0.4, 0.5) is 4.79 Å². The molecule has 0 atom stereocenters. The van der Waals surface area contributed by atoms with E-state index in [0.29, 0.717) is 19.0 Å². The van der Waals surface area contributed by atoms with Gasteiger partial charge in [-0.05, 0) is 17.2 Å². The first kappa shape index (κ1) is 19.0. The number of nitrogens with zero attached hydrogens (tertiary/aromatic N) is 2. The van der Waals surface area contributed by atoms with Crippen molar-refractivity contribution in [3.63, 3.8) is 0 Å². The number of piperidine rings is 1. The molecule has 2 aromatic carbocycles. The number of hydrogen-bond acceptors (Lipinski definition) is 3. The quantitative estimate of drug-likeness (QED) is 0.705. The van der Waals surface area contributed by atoms with Crippen molar-refractivity contribution in [3.05, 3.63) is 96.2 Å². The van der Waals surface area contributed by atoms with Crippen LogP contribution < -0.4 is 10.1 Å². The van der Waals surface area contributed by atoms with Crippen LogP contribution in [0.5, 0.6) is 5.88 Å². The number of likely N-dealkylation sites (tertiary alicyclic amines) is 1. The smallest absolute Gasteiger partial charge is 0.318 e. The van der Waals surface area contributed by atoms with Crippen LogP contribution in [0.3, 0.4) is 0 Å². The largest absolute Gasteiger partial charge is 0.474 e. The van der Waals surface area contributed by atoms with Gasteiger partial charge in [-0.25, -0.2) is 9.78 Å². The monoisotopic (exact) mass is 387 g/mol. The Morgan fingerprint density at radius 2 is 1.48 bits per heavy atom. The summed E-state index contributed by atoms with van der Waals surface area (Å²) in [4.78, 5) is 19.1. The predicted molar refractivity (Wildman–Crippen MR) is 113 cm³/mol. The van der Waals surface area contributed by atoms with Crippen LogP contribution in [0.1, 0.15) is 30.0 Å². The molecule has 1 fully saturated rings. The minimum atomic E-state index is -0.174. The number of rotatable bonds is 5. The third-order valence-electron chi connectivity index (χ3n) is 5.19. The van der Waals surface area contributed by atoms with E-state index in [2.05, 4.69) is 10.3 Å². The standard InChI is InChI=1S/C24H25N3O2/c28-24(27-17-14-21(15-18-27)29-22-13-7-8-16-25-22)26-23(19-9-3-1-4-10-19)20-11-5-2-6-12-20/h1-13,16,21,23H,14-15,17-18H2,(H,26,28). The molecule has 2 amide bonds. The molecule has 0 aliphatic carbocycles. The van der Waals surface area contributed by atoms with Gasteiger partial charge in [-0.15, -0.1) is 0 Å². The summed E-state index contributed by atoms with van der Waals surface area (Å²) in [6, 6.07) is 25.6. The van der Waals surface area contributed by atoms with Gasteiger partial charge < -0.3 is 15.0 Å². The number of benzene rings is 2. The number of pyridine rings is 1. The molecule has 148 valence electrons. The minimum Gasteiger partial charge on any atom is -0.474 e. The van der Waals surface area contributed by atoms with Gasteiger partial charge in [-0.3, -0.25) is 0 Å². The van der Waals surface area contributed by atoms with Crippen LogP contribution in [0, 0.1) is 0 Å². The van der Waals surface area contributed by atoms with Crippen molar-refractivity contribution >= 4 is 6.03 Å². The summed E-state index contributed by atoms with van der Waals surface area (Å²) < 4.78 is 5.93. The Labute approximate surface area is 171 Å². The van der Waals surface area contributed by atoms with Gasteiger partial charge in [0.1, 0.15) is 6.10 Å². The van der Waals surface area contributed by atoms with Gasteiger partial charge in [0.25, 0.3) is 0 Å². The Kier molecular flexibility index (Phi) is 6.05. The number of carbonyl (C=O) groups is 1. The SMILES string of the molecule is O=C(NC(c1ccccc1)c1ccccc1)N1CCC(Oc2ccccn2)CC1. The van der Waals surface area contributed by atoms with E-state index in [0.717, 1.165) is 24.0 Å². The molecular formula is C24H25N3O2. The first-order chi connectivity index (χ1) is 14.3. The number of amides is 2. The molecule has 0 spiro atoms. The zero-order valence-electron chi connectivity index (χ0n) is 16.3. The second kappa shape index (κ2) is 9.24. The lowest BCUT2D eigenvalue weighted by molar-refractivity contribution is 0.107. The van der Waals surface area contributed by atoms with Crippen LogP contribution in [0.2, 0.25) is 0 Å². The van der Waals surface area contributed by atoms with Crippen LogP contribution in [-0.4, -0.2) is 35.1 Å². The average Bonchev–Trinajstić information content (AvgIpc) is 2.80. The molecule has 0 bridgehead atoms. The molecule has 5 nitrogen and oxygen atoms in total. The van der Waals surface area contributed by atoms with Crippen molar-refractivity contribution in [3.8, 4) is 5.88 Å². The Bertz CT molecular complexity index is 856. The normalized spacial score (nSPS) is 14.6. The van der Waals surface area contributed by atoms with Gasteiger partial charge in [-0.1, -0.05) is 66.7 Å². The highest BCUT2D eigenvalue weighted by molar-refractivity contribution is 5.75. The molecule has 3 aromatic rings. The molecule has 4 rings (SSSR count). The fraction of sp³-hybridized carbons (Fsp3) is 0.250. The van der Waals surface area contributed by atoms with Gasteiger partial charge in [0.2, 0.25) is 5.88 Å². The Balaban J connectivity index is 1.39. The lowest BCUT2D eigenvalue weighted by Gasteiger charge is -2.33. The molecular weight excluding hydrogens is 362 g/mol. The highest BCUT2D eigenvalue weighted by atomic mass is 16.5. The predicted octanol–water partition coefficient (Wildman–Crippen LogP) is 4.42. The maximum absolute atomic E-state index is 13.0. The van der Waals surface area contributed by atoms with Crippen LogP contribution in [-0.2, 0) is 0 Å². The van der Waals surface area contributed by atoms with Gasteiger partial charge in [-0.2, -0.15) is 0 Å². The minimum absolute atomic E-state index is 0.0426. The van der Waals surface area contributed by atoms with E-state index < -0.39 is 0 Å². The van der Waals surface area contributed by atoms with Crippen molar-refractivity contribution in [2.45, 2.75) is 25.0 Å². The number of ether oxygens (including phenoxy) is 1. The topological polar surface area (TPSA) is 54.5 Å². The fourth-order valence-electron chi connectivity index (χ4n) is 3.63. The van der Waals surface area contributed by atoms with E-state index in [4.69, 9.17) is 4.74 Å². The first-order valence-corrected chi connectivity index (χ1v) is 10.0. The third-order valence-corrected chi connectivity index (χ3v) is 5.19. The molecule has 1 aliphatic heterocycles. The average molecular weight is 387 g/mol. The van der Waals surface area contributed by atoms with E-state index in [9.17, 15) is 4.79 Å². The van der Waals surface area contributed by atoms with Crippen molar-refractivity contribution in [2.75, 3.05) is 13.1 Å². The summed E-state index contributed by atoms with van der Waals surface area (Å²) >= 11 is 0. The molecule has 0 saturated carbocycles. The summed E-state index contributed by atoms with van der Waals surface area (Å²) in [6.45, 7) is 1.33. The number of nitrogens with one attached hydrogen (secondary N) is 1. The zero-order valence-corrected chi connectivity index (χ0v) is 16.3. The summed E-state index contributed by atoms with van der Waals surface area (Å²) in [7, 11) is 0. The van der Waals surface area contributed by atoms with E-state index >= 15 is 0 Å². The lowest BCUT2D eigenvalue weighted by Crippen LogP contribution is -2.47. The van der Waals surface area contributed by atoms with Crippen LogP contribution in [0.25, 0.3) is 0 Å².